The Balaban J connectivity index is 1.33. The van der Waals surface area contributed by atoms with Crippen molar-refractivity contribution in [2.75, 3.05) is 25.0 Å². The molecule has 0 bridgehead atoms. The molecule has 1 saturated carbocycles. The van der Waals surface area contributed by atoms with Crippen LogP contribution in [-0.2, 0) is 9.59 Å². The fourth-order valence-electron chi connectivity index (χ4n) is 5.54. The van der Waals surface area contributed by atoms with Gasteiger partial charge in [0.05, 0.1) is 16.8 Å². The lowest BCUT2D eigenvalue weighted by Crippen LogP contribution is -2.55. The van der Waals surface area contributed by atoms with E-state index in [2.05, 4.69) is 22.2 Å². The van der Waals surface area contributed by atoms with Crippen LogP contribution in [-0.4, -0.2) is 77.7 Å². The van der Waals surface area contributed by atoms with Crippen LogP contribution in [0.1, 0.15) is 59.2 Å². The Kier molecular flexibility index (Phi) is 5.25. The lowest BCUT2D eigenvalue weighted by atomic mass is 9.85. The van der Waals surface area contributed by atoms with E-state index in [4.69, 9.17) is 5.73 Å². The molecule has 0 spiro atoms. The molecule has 1 unspecified atom stereocenters. The normalized spacial score (nSPS) is 28.8. The van der Waals surface area contributed by atoms with E-state index in [9.17, 15) is 19.2 Å². The van der Waals surface area contributed by atoms with E-state index in [1.165, 1.54) is 0 Å². The number of hydrogen-bond donors (Lipinski definition) is 2. The van der Waals surface area contributed by atoms with E-state index in [0.717, 1.165) is 49.4 Å². The summed E-state index contributed by atoms with van der Waals surface area (Å²) in [6.45, 7) is 1.59. The molecular weight excluding hydrogens is 410 g/mol. The summed E-state index contributed by atoms with van der Waals surface area (Å²) in [7, 11) is 2.18. The van der Waals surface area contributed by atoms with Crippen LogP contribution >= 0.6 is 0 Å². The fraction of sp³-hybridized carbons (Fsp3) is 0.565. The third-order valence-corrected chi connectivity index (χ3v) is 7.55. The van der Waals surface area contributed by atoms with Crippen LogP contribution in [0.5, 0.6) is 0 Å². The predicted octanol–water partition coefficient (Wildman–Crippen LogP) is 0.478. The Morgan fingerprint density at radius 3 is 2.38 bits per heavy atom. The first-order valence-electron chi connectivity index (χ1n) is 11.4. The Hall–Kier alpha value is -2.78. The number of hydrogen-bond acceptors (Lipinski definition) is 7. The lowest BCUT2D eigenvalue weighted by Gasteiger charge is -2.46. The van der Waals surface area contributed by atoms with Gasteiger partial charge in [0.2, 0.25) is 11.8 Å². The van der Waals surface area contributed by atoms with Crippen molar-refractivity contribution in [2.24, 2.45) is 5.73 Å². The second-order valence-electron chi connectivity index (χ2n) is 9.42. The molecule has 5 rings (SSSR count). The molecule has 4 amide bonds. The molecule has 2 saturated heterocycles. The van der Waals surface area contributed by atoms with Gasteiger partial charge >= 0.3 is 0 Å². The van der Waals surface area contributed by atoms with Crippen LogP contribution in [0.2, 0.25) is 0 Å². The maximum atomic E-state index is 13.3. The molecule has 9 nitrogen and oxygen atoms in total. The lowest BCUT2D eigenvalue weighted by molar-refractivity contribution is -0.136. The van der Waals surface area contributed by atoms with E-state index in [-0.39, 0.29) is 18.7 Å². The van der Waals surface area contributed by atoms with Gasteiger partial charge in [-0.25, -0.2) is 0 Å². The number of imide groups is 2. The standard InChI is InChI=1S/C23H29N5O4/c1-26(15-11-13(24)12-15)14-7-9-27(10-8-14)17-4-2-3-16-20(17)23(32)28(22(16)31)18-5-6-19(29)25-21(18)30/h2-4,13-15,18H,5-12,24H2,1H3,(H,25,29,30). The van der Waals surface area contributed by atoms with Crippen molar-refractivity contribution in [3.8, 4) is 0 Å². The maximum Gasteiger partial charge on any atom is 0.264 e. The molecule has 32 heavy (non-hydrogen) atoms. The number of carbonyl (C=O) groups excluding carboxylic acids is 4. The summed E-state index contributed by atoms with van der Waals surface area (Å²) >= 11 is 0. The summed E-state index contributed by atoms with van der Waals surface area (Å²) in [4.78, 5) is 55.9. The monoisotopic (exact) mass is 439 g/mol. The van der Waals surface area contributed by atoms with Crippen molar-refractivity contribution in [1.29, 1.82) is 0 Å². The Morgan fingerprint density at radius 1 is 1.00 bits per heavy atom. The first kappa shape index (κ1) is 21.1. The summed E-state index contributed by atoms with van der Waals surface area (Å²) < 4.78 is 0. The van der Waals surface area contributed by atoms with Gasteiger partial charge in [-0.05, 0) is 51.3 Å². The van der Waals surface area contributed by atoms with Gasteiger partial charge in [0, 0.05) is 37.6 Å². The smallest absolute Gasteiger partial charge is 0.264 e. The number of carbonyl (C=O) groups is 4. The zero-order chi connectivity index (χ0) is 22.6. The van der Waals surface area contributed by atoms with Crippen molar-refractivity contribution >= 4 is 29.3 Å². The SMILES string of the molecule is CN(C1CCN(c2cccc3c2C(=O)N(C2CCC(=O)NC2=O)C3=O)CC1)C1CC(N)C1. The number of fused-ring (bicyclic) bond motifs is 1. The van der Waals surface area contributed by atoms with Crippen molar-refractivity contribution in [3.63, 3.8) is 0 Å². The van der Waals surface area contributed by atoms with Gasteiger partial charge in [-0.2, -0.15) is 0 Å². The van der Waals surface area contributed by atoms with Crippen LogP contribution in [0.3, 0.4) is 0 Å². The van der Waals surface area contributed by atoms with Gasteiger partial charge in [-0.1, -0.05) is 6.07 Å². The third-order valence-electron chi connectivity index (χ3n) is 7.55. The number of piperidine rings is 2. The van der Waals surface area contributed by atoms with Crippen molar-refractivity contribution in [1.82, 2.24) is 15.1 Å². The predicted molar refractivity (Wildman–Crippen MR) is 117 cm³/mol. The van der Waals surface area contributed by atoms with Crippen molar-refractivity contribution in [3.05, 3.63) is 29.3 Å². The molecule has 3 fully saturated rings. The highest BCUT2D eigenvalue weighted by atomic mass is 16.2. The van der Waals surface area contributed by atoms with Gasteiger partial charge in [0.1, 0.15) is 6.04 Å². The van der Waals surface area contributed by atoms with E-state index < -0.39 is 23.8 Å². The molecule has 0 aromatic heterocycles. The second kappa shape index (κ2) is 7.97. The van der Waals surface area contributed by atoms with Gasteiger partial charge in [0.15, 0.2) is 0 Å². The minimum atomic E-state index is -0.943. The number of nitrogens with two attached hydrogens (primary N) is 1. The largest absolute Gasteiger partial charge is 0.371 e. The number of anilines is 1. The molecule has 1 atom stereocenters. The van der Waals surface area contributed by atoms with Crippen LogP contribution in [0.4, 0.5) is 5.69 Å². The van der Waals surface area contributed by atoms with Crippen LogP contribution < -0.4 is 16.0 Å². The molecule has 4 aliphatic rings. The second-order valence-corrected chi connectivity index (χ2v) is 9.42. The highest BCUT2D eigenvalue weighted by molar-refractivity contribution is 6.25. The number of nitrogens with one attached hydrogen (secondary N) is 1. The summed E-state index contributed by atoms with van der Waals surface area (Å²) in [6, 6.07) is 5.74. The number of nitrogens with zero attached hydrogens (tertiary/aromatic N) is 3. The van der Waals surface area contributed by atoms with Crippen LogP contribution in [0.15, 0.2) is 18.2 Å². The highest BCUT2D eigenvalue weighted by Gasteiger charge is 2.46. The number of amides is 4. The minimum absolute atomic E-state index is 0.115. The molecule has 3 aliphatic heterocycles. The Bertz CT molecular complexity index is 981. The Labute approximate surface area is 186 Å². The summed E-state index contributed by atoms with van der Waals surface area (Å²) in [6.07, 6.45) is 4.33. The quantitative estimate of drug-likeness (QED) is 0.656. The fourth-order valence-corrected chi connectivity index (χ4v) is 5.54. The van der Waals surface area contributed by atoms with E-state index >= 15 is 0 Å². The van der Waals surface area contributed by atoms with Crippen molar-refractivity contribution in [2.45, 2.75) is 62.7 Å². The van der Waals surface area contributed by atoms with Crippen molar-refractivity contribution < 1.29 is 19.2 Å². The number of rotatable bonds is 4. The molecule has 0 radical (unpaired) electrons. The maximum absolute atomic E-state index is 13.3. The van der Waals surface area contributed by atoms with E-state index in [1.54, 1.807) is 12.1 Å². The molecular formula is C23H29N5O4. The summed E-state index contributed by atoms with van der Waals surface area (Å²) in [5.74, 6) is -1.87. The van der Waals surface area contributed by atoms with E-state index in [1.807, 2.05) is 6.07 Å². The molecule has 3 N–H and O–H groups in total. The van der Waals surface area contributed by atoms with Crippen LogP contribution in [0, 0.1) is 0 Å². The minimum Gasteiger partial charge on any atom is -0.371 e. The first-order valence-corrected chi connectivity index (χ1v) is 11.4. The summed E-state index contributed by atoms with van der Waals surface area (Å²) in [5.41, 5.74) is 7.41. The van der Waals surface area contributed by atoms with Gasteiger partial charge in [-0.15, -0.1) is 0 Å². The molecule has 1 aromatic carbocycles. The molecule has 170 valence electrons. The molecule has 9 heteroatoms. The first-order chi connectivity index (χ1) is 15.3. The van der Waals surface area contributed by atoms with Crippen LogP contribution in [0.25, 0.3) is 0 Å². The van der Waals surface area contributed by atoms with E-state index in [0.29, 0.717) is 29.3 Å². The molecule has 1 aromatic rings. The number of benzene rings is 1. The topological polar surface area (TPSA) is 116 Å². The third kappa shape index (κ3) is 3.40. The molecule has 1 aliphatic carbocycles. The zero-order valence-electron chi connectivity index (χ0n) is 18.3. The average molecular weight is 440 g/mol. The van der Waals surface area contributed by atoms with Gasteiger partial charge in [0.25, 0.3) is 11.8 Å². The summed E-state index contributed by atoms with van der Waals surface area (Å²) in [5, 5.41) is 2.24. The van der Waals surface area contributed by atoms with Gasteiger partial charge < -0.3 is 15.5 Å². The zero-order valence-corrected chi connectivity index (χ0v) is 18.3. The van der Waals surface area contributed by atoms with Gasteiger partial charge in [-0.3, -0.25) is 29.4 Å². The highest BCUT2D eigenvalue weighted by Crippen LogP contribution is 2.36. The average Bonchev–Trinajstić information content (AvgIpc) is 3.02. The molecule has 3 heterocycles. The Morgan fingerprint density at radius 2 is 1.72 bits per heavy atom.